The number of aryl methyl sites for hydroxylation is 2. The smallest absolute Gasteiger partial charge is 0.272 e. The van der Waals surface area contributed by atoms with E-state index in [-0.39, 0.29) is 5.91 Å². The van der Waals surface area contributed by atoms with E-state index in [4.69, 9.17) is 0 Å². The van der Waals surface area contributed by atoms with Crippen molar-refractivity contribution in [1.82, 2.24) is 19.7 Å². The van der Waals surface area contributed by atoms with Crippen molar-refractivity contribution >= 4 is 5.91 Å². The van der Waals surface area contributed by atoms with E-state index < -0.39 is 0 Å². The van der Waals surface area contributed by atoms with Crippen LogP contribution in [0, 0.1) is 12.3 Å². The Hall–Kier alpha value is -2.17. The Morgan fingerprint density at radius 2 is 1.91 bits per heavy atom. The van der Waals surface area contributed by atoms with E-state index in [1.807, 2.05) is 37.2 Å². The molecule has 0 unspecified atom stereocenters. The summed E-state index contributed by atoms with van der Waals surface area (Å²) in [7, 11) is 1.88. The lowest BCUT2D eigenvalue weighted by atomic mass is 9.93. The Morgan fingerprint density at radius 1 is 1.17 bits per heavy atom. The van der Waals surface area contributed by atoms with Gasteiger partial charge in [-0.05, 0) is 49.7 Å². The first-order valence-electron chi connectivity index (χ1n) is 8.32. The summed E-state index contributed by atoms with van der Waals surface area (Å²) in [6, 6.07) is 3.94. The first-order chi connectivity index (χ1) is 11.1. The van der Waals surface area contributed by atoms with Gasteiger partial charge in [0.1, 0.15) is 5.69 Å². The molecular weight excluding hydrogens is 288 g/mol. The molecule has 1 spiro atoms. The maximum Gasteiger partial charge on any atom is 0.272 e. The summed E-state index contributed by atoms with van der Waals surface area (Å²) in [6.45, 7) is 3.70. The van der Waals surface area contributed by atoms with Crippen LogP contribution in [0.2, 0.25) is 0 Å². The fourth-order valence-corrected chi connectivity index (χ4v) is 3.47. The summed E-state index contributed by atoms with van der Waals surface area (Å²) in [5.74, 6) is 0.0729. The molecule has 3 heterocycles. The van der Waals surface area contributed by atoms with Gasteiger partial charge in [-0.1, -0.05) is 6.07 Å². The Bertz CT molecular complexity index is 750. The molecule has 1 amide bonds. The molecule has 0 aromatic carbocycles. The fraction of sp³-hybridized carbons (Fsp3) is 0.500. The zero-order valence-electron chi connectivity index (χ0n) is 13.7. The molecule has 1 saturated heterocycles. The van der Waals surface area contributed by atoms with E-state index in [1.54, 1.807) is 10.9 Å². The van der Waals surface area contributed by atoms with Crippen molar-refractivity contribution in [1.29, 1.82) is 0 Å². The third kappa shape index (κ3) is 2.64. The maximum absolute atomic E-state index is 12.9. The SMILES string of the molecule is Cc1ccc(-c2cnn(C)c2)nc1C(=O)N1CCC2(CC1)CC2. The van der Waals surface area contributed by atoms with Crippen molar-refractivity contribution in [3.8, 4) is 11.3 Å². The van der Waals surface area contributed by atoms with Crippen LogP contribution in [0.15, 0.2) is 24.5 Å². The molecule has 1 aliphatic carbocycles. The van der Waals surface area contributed by atoms with E-state index in [0.29, 0.717) is 11.1 Å². The van der Waals surface area contributed by atoms with E-state index in [9.17, 15) is 4.79 Å². The van der Waals surface area contributed by atoms with Gasteiger partial charge in [0.05, 0.1) is 11.9 Å². The van der Waals surface area contributed by atoms with Crippen LogP contribution in [0.4, 0.5) is 0 Å². The second-order valence-electron chi connectivity index (χ2n) is 7.06. The van der Waals surface area contributed by atoms with Crippen LogP contribution in [0.1, 0.15) is 41.7 Å². The molecule has 2 fully saturated rings. The van der Waals surface area contributed by atoms with Gasteiger partial charge in [-0.25, -0.2) is 4.98 Å². The molecule has 0 atom stereocenters. The number of likely N-dealkylation sites (tertiary alicyclic amines) is 1. The molecule has 5 heteroatoms. The van der Waals surface area contributed by atoms with Crippen LogP contribution in [0.5, 0.6) is 0 Å². The quantitative estimate of drug-likeness (QED) is 0.857. The van der Waals surface area contributed by atoms with E-state index in [1.165, 1.54) is 12.8 Å². The zero-order chi connectivity index (χ0) is 16.0. The molecule has 5 nitrogen and oxygen atoms in total. The van der Waals surface area contributed by atoms with Gasteiger partial charge >= 0.3 is 0 Å². The normalized spacial score (nSPS) is 19.1. The predicted octanol–water partition coefficient (Wildman–Crippen LogP) is 2.81. The van der Waals surface area contributed by atoms with Gasteiger partial charge in [-0.2, -0.15) is 5.10 Å². The summed E-state index contributed by atoms with van der Waals surface area (Å²) in [5, 5.41) is 4.18. The van der Waals surface area contributed by atoms with Crippen molar-refractivity contribution in [2.24, 2.45) is 12.5 Å². The van der Waals surface area contributed by atoms with Gasteiger partial charge in [0.25, 0.3) is 5.91 Å². The van der Waals surface area contributed by atoms with Crippen molar-refractivity contribution in [3.63, 3.8) is 0 Å². The number of nitrogens with zero attached hydrogens (tertiary/aromatic N) is 4. The number of rotatable bonds is 2. The molecule has 0 radical (unpaired) electrons. The fourth-order valence-electron chi connectivity index (χ4n) is 3.47. The first-order valence-corrected chi connectivity index (χ1v) is 8.32. The highest BCUT2D eigenvalue weighted by atomic mass is 16.2. The van der Waals surface area contributed by atoms with Crippen molar-refractivity contribution in [3.05, 3.63) is 35.8 Å². The summed E-state index contributed by atoms with van der Waals surface area (Å²) in [6.07, 6.45) is 8.71. The van der Waals surface area contributed by atoms with Gasteiger partial charge in [-0.15, -0.1) is 0 Å². The molecule has 120 valence electrons. The third-order valence-electron chi connectivity index (χ3n) is 5.37. The van der Waals surface area contributed by atoms with Crippen LogP contribution in [0.25, 0.3) is 11.3 Å². The maximum atomic E-state index is 12.9. The standard InChI is InChI=1S/C18H22N4O/c1-13-3-4-15(14-11-19-21(2)12-14)20-16(13)17(23)22-9-7-18(5-6-18)8-10-22/h3-4,11-12H,5-10H2,1-2H3. The molecule has 0 N–H and O–H groups in total. The highest BCUT2D eigenvalue weighted by Crippen LogP contribution is 2.53. The summed E-state index contributed by atoms with van der Waals surface area (Å²) in [4.78, 5) is 19.5. The van der Waals surface area contributed by atoms with Crippen LogP contribution >= 0.6 is 0 Å². The van der Waals surface area contributed by atoms with Crippen molar-refractivity contribution in [2.45, 2.75) is 32.6 Å². The summed E-state index contributed by atoms with van der Waals surface area (Å²) >= 11 is 0. The minimum atomic E-state index is 0.0729. The van der Waals surface area contributed by atoms with Crippen LogP contribution in [-0.2, 0) is 7.05 Å². The summed E-state index contributed by atoms with van der Waals surface area (Å²) in [5.41, 5.74) is 3.85. The van der Waals surface area contributed by atoms with E-state index in [0.717, 1.165) is 42.8 Å². The largest absolute Gasteiger partial charge is 0.337 e. The molecule has 2 aromatic heterocycles. The van der Waals surface area contributed by atoms with Gasteiger partial charge < -0.3 is 4.90 Å². The number of pyridine rings is 1. The number of hydrogen-bond donors (Lipinski definition) is 0. The molecule has 0 bridgehead atoms. The number of carbonyl (C=O) groups is 1. The second-order valence-corrected chi connectivity index (χ2v) is 7.06. The average Bonchev–Trinajstić information content (AvgIpc) is 3.16. The minimum absolute atomic E-state index is 0.0729. The van der Waals surface area contributed by atoms with Gasteiger partial charge in [0.15, 0.2) is 0 Å². The van der Waals surface area contributed by atoms with Crippen LogP contribution < -0.4 is 0 Å². The topological polar surface area (TPSA) is 51.0 Å². The number of amides is 1. The van der Waals surface area contributed by atoms with Crippen LogP contribution in [-0.4, -0.2) is 38.7 Å². The molecule has 4 rings (SSSR count). The number of hydrogen-bond acceptors (Lipinski definition) is 3. The van der Waals surface area contributed by atoms with Gasteiger partial charge in [-0.3, -0.25) is 9.48 Å². The third-order valence-corrected chi connectivity index (χ3v) is 5.37. The number of piperidine rings is 1. The molecule has 2 aliphatic rings. The number of carbonyl (C=O) groups excluding carboxylic acids is 1. The summed E-state index contributed by atoms with van der Waals surface area (Å²) < 4.78 is 1.75. The lowest BCUT2D eigenvalue weighted by Gasteiger charge is -2.32. The lowest BCUT2D eigenvalue weighted by molar-refractivity contribution is 0.0672. The van der Waals surface area contributed by atoms with E-state index in [2.05, 4.69) is 10.1 Å². The van der Waals surface area contributed by atoms with Crippen LogP contribution in [0.3, 0.4) is 0 Å². The monoisotopic (exact) mass is 310 g/mol. The van der Waals surface area contributed by atoms with Crippen molar-refractivity contribution < 1.29 is 4.79 Å². The van der Waals surface area contributed by atoms with Gasteiger partial charge in [0.2, 0.25) is 0 Å². The van der Waals surface area contributed by atoms with E-state index >= 15 is 0 Å². The zero-order valence-corrected chi connectivity index (χ0v) is 13.7. The first kappa shape index (κ1) is 14.4. The minimum Gasteiger partial charge on any atom is -0.337 e. The second kappa shape index (κ2) is 5.18. The molecule has 1 aliphatic heterocycles. The Morgan fingerprint density at radius 3 is 2.52 bits per heavy atom. The Balaban J connectivity index is 1.58. The average molecular weight is 310 g/mol. The van der Waals surface area contributed by atoms with Crippen molar-refractivity contribution in [2.75, 3.05) is 13.1 Å². The molecule has 1 saturated carbocycles. The number of aromatic nitrogens is 3. The molecule has 2 aromatic rings. The highest BCUT2D eigenvalue weighted by Gasteiger charge is 2.45. The Labute approximate surface area is 136 Å². The highest BCUT2D eigenvalue weighted by molar-refractivity contribution is 5.94. The van der Waals surface area contributed by atoms with Gasteiger partial charge in [0, 0.05) is 31.9 Å². The predicted molar refractivity (Wildman–Crippen MR) is 88.0 cm³/mol. The Kier molecular flexibility index (Phi) is 3.25. The lowest BCUT2D eigenvalue weighted by Crippen LogP contribution is -2.39. The molecule has 23 heavy (non-hydrogen) atoms. The molecular formula is C18H22N4O.